The highest BCUT2D eigenvalue weighted by Crippen LogP contribution is 2.26. The lowest BCUT2D eigenvalue weighted by molar-refractivity contribution is 0.417. The molecule has 30 heavy (non-hydrogen) atoms. The molecule has 0 saturated heterocycles. The van der Waals surface area contributed by atoms with Crippen molar-refractivity contribution in [1.82, 2.24) is 0 Å². The molecule has 0 heterocycles. The first-order chi connectivity index (χ1) is 14.2. The molecule has 3 rings (SSSR count). The molecule has 0 aliphatic rings. The summed E-state index contributed by atoms with van der Waals surface area (Å²) in [6, 6.07) is 19.3. The lowest BCUT2D eigenvalue weighted by Gasteiger charge is -2.12. The number of sulfonamides is 2. The van der Waals surface area contributed by atoms with Gasteiger partial charge in [-0.2, -0.15) is 0 Å². The van der Waals surface area contributed by atoms with Crippen LogP contribution in [-0.2, 0) is 25.8 Å². The molecule has 3 aromatic carbocycles. The van der Waals surface area contributed by atoms with Gasteiger partial charge in [0.25, 0.3) is 10.0 Å². The molecule has 3 aromatic rings. The number of hydrogen-bond acceptors (Lipinski definition) is 5. The van der Waals surface area contributed by atoms with Crippen molar-refractivity contribution in [3.8, 4) is 5.75 Å². The second kappa shape index (κ2) is 8.76. The van der Waals surface area contributed by atoms with E-state index in [4.69, 9.17) is 4.74 Å². The number of anilines is 2. The summed E-state index contributed by atoms with van der Waals surface area (Å²) in [5.41, 5.74) is 2.29. The van der Waals surface area contributed by atoms with Gasteiger partial charge >= 0.3 is 0 Å². The van der Waals surface area contributed by atoms with E-state index in [2.05, 4.69) is 9.44 Å². The summed E-state index contributed by atoms with van der Waals surface area (Å²) in [6.45, 7) is 1.93. The molecule has 0 bridgehead atoms. The van der Waals surface area contributed by atoms with E-state index in [9.17, 15) is 16.8 Å². The number of benzene rings is 3. The molecular formula is C21H22N2O5S2. The smallest absolute Gasteiger partial charge is 0.262 e. The Morgan fingerprint density at radius 1 is 0.800 bits per heavy atom. The number of rotatable bonds is 8. The Labute approximate surface area is 176 Å². The maximum atomic E-state index is 12.6. The highest BCUT2D eigenvalue weighted by molar-refractivity contribution is 7.92. The van der Waals surface area contributed by atoms with Crippen molar-refractivity contribution in [3.05, 3.63) is 83.9 Å². The van der Waals surface area contributed by atoms with E-state index >= 15 is 0 Å². The molecule has 0 aliphatic carbocycles. The van der Waals surface area contributed by atoms with Gasteiger partial charge in [0.1, 0.15) is 5.75 Å². The summed E-state index contributed by atoms with van der Waals surface area (Å²) in [4.78, 5) is -0.00473. The van der Waals surface area contributed by atoms with Crippen LogP contribution in [0.2, 0.25) is 0 Å². The van der Waals surface area contributed by atoms with Crippen molar-refractivity contribution in [2.75, 3.05) is 16.6 Å². The summed E-state index contributed by atoms with van der Waals surface area (Å²) in [7, 11) is -6.06. The molecule has 158 valence electrons. The van der Waals surface area contributed by atoms with E-state index in [1.54, 1.807) is 36.4 Å². The zero-order valence-corrected chi connectivity index (χ0v) is 18.1. The minimum atomic E-state index is -3.87. The van der Waals surface area contributed by atoms with Gasteiger partial charge in [-0.3, -0.25) is 9.44 Å². The van der Waals surface area contributed by atoms with Crippen LogP contribution in [0.4, 0.5) is 11.4 Å². The molecule has 7 nitrogen and oxygen atoms in total. The SMILES string of the molecule is COc1ccccc1NS(=O)(=O)c1ccc(NS(=O)(=O)Cc2ccc(C)cc2)cc1. The normalized spacial score (nSPS) is 11.7. The quantitative estimate of drug-likeness (QED) is 0.549. The standard InChI is InChI=1S/C21H22N2O5S2/c1-16-7-9-17(10-8-16)15-29(24,25)22-18-11-13-19(14-12-18)30(26,27)23-20-5-3-4-6-21(20)28-2/h3-14,22-23H,15H2,1-2H3. The topological polar surface area (TPSA) is 102 Å². The molecule has 0 spiro atoms. The third-order valence-corrected chi connectivity index (χ3v) is 6.91. The molecule has 2 N–H and O–H groups in total. The Bertz CT molecular complexity index is 1220. The average Bonchev–Trinajstić information content (AvgIpc) is 2.70. The Morgan fingerprint density at radius 2 is 1.43 bits per heavy atom. The molecule has 0 fully saturated rings. The van der Waals surface area contributed by atoms with Crippen LogP contribution in [0.5, 0.6) is 5.75 Å². The highest BCUT2D eigenvalue weighted by Gasteiger charge is 2.17. The zero-order chi connectivity index (χ0) is 21.8. The van der Waals surface area contributed by atoms with Crippen LogP contribution in [0.3, 0.4) is 0 Å². The fraction of sp³-hybridized carbons (Fsp3) is 0.143. The predicted molar refractivity (Wildman–Crippen MR) is 118 cm³/mol. The summed E-state index contributed by atoms with van der Waals surface area (Å²) >= 11 is 0. The lowest BCUT2D eigenvalue weighted by atomic mass is 10.2. The number of aryl methyl sites for hydroxylation is 1. The van der Waals surface area contributed by atoms with Gasteiger partial charge in [-0.1, -0.05) is 42.0 Å². The molecule has 0 unspecified atom stereocenters. The van der Waals surface area contributed by atoms with Crippen molar-refractivity contribution in [3.63, 3.8) is 0 Å². The second-order valence-electron chi connectivity index (χ2n) is 6.68. The Morgan fingerprint density at radius 3 is 2.07 bits per heavy atom. The Balaban J connectivity index is 1.73. The molecule has 0 aromatic heterocycles. The molecule has 0 radical (unpaired) electrons. The summed E-state index contributed by atoms with van der Waals surface area (Å²) in [5.74, 6) is 0.212. The molecule has 0 amide bonds. The Hall–Kier alpha value is -3.04. The van der Waals surface area contributed by atoms with Gasteiger partial charge < -0.3 is 4.74 Å². The minimum absolute atomic E-state index is 0.00473. The van der Waals surface area contributed by atoms with Gasteiger partial charge in [0, 0.05) is 5.69 Å². The van der Waals surface area contributed by atoms with E-state index in [1.165, 1.54) is 31.4 Å². The number of para-hydroxylation sites is 2. The summed E-state index contributed by atoms with van der Waals surface area (Å²) in [5, 5.41) is 0. The fourth-order valence-electron chi connectivity index (χ4n) is 2.75. The van der Waals surface area contributed by atoms with E-state index < -0.39 is 20.0 Å². The van der Waals surface area contributed by atoms with Crippen LogP contribution in [0.1, 0.15) is 11.1 Å². The van der Waals surface area contributed by atoms with Crippen molar-refractivity contribution < 1.29 is 21.6 Å². The van der Waals surface area contributed by atoms with Gasteiger partial charge in [0.2, 0.25) is 10.0 Å². The third-order valence-electron chi connectivity index (χ3n) is 4.27. The van der Waals surface area contributed by atoms with Gasteiger partial charge in [-0.05, 0) is 48.9 Å². The van der Waals surface area contributed by atoms with Crippen molar-refractivity contribution >= 4 is 31.4 Å². The third kappa shape index (κ3) is 5.52. The maximum Gasteiger partial charge on any atom is 0.262 e. The van der Waals surface area contributed by atoms with Crippen molar-refractivity contribution in [2.24, 2.45) is 0 Å². The molecular weight excluding hydrogens is 424 g/mol. The van der Waals surface area contributed by atoms with Crippen LogP contribution < -0.4 is 14.2 Å². The molecule has 9 heteroatoms. The number of hydrogen-bond donors (Lipinski definition) is 2. The zero-order valence-electron chi connectivity index (χ0n) is 16.5. The molecule has 0 aliphatic heterocycles. The van der Waals surface area contributed by atoms with Crippen LogP contribution >= 0.6 is 0 Å². The largest absolute Gasteiger partial charge is 0.495 e. The van der Waals surface area contributed by atoms with Crippen LogP contribution in [0, 0.1) is 6.92 Å². The van der Waals surface area contributed by atoms with E-state index in [1.807, 2.05) is 19.1 Å². The van der Waals surface area contributed by atoms with Crippen LogP contribution in [-0.4, -0.2) is 23.9 Å². The van der Waals surface area contributed by atoms with Crippen LogP contribution in [0.15, 0.2) is 77.7 Å². The number of ether oxygens (including phenoxy) is 1. The van der Waals surface area contributed by atoms with E-state index in [0.717, 1.165) is 5.56 Å². The second-order valence-corrected chi connectivity index (χ2v) is 10.1. The summed E-state index contributed by atoms with van der Waals surface area (Å²) in [6.07, 6.45) is 0. The predicted octanol–water partition coefficient (Wildman–Crippen LogP) is 3.75. The maximum absolute atomic E-state index is 12.6. The summed E-state index contributed by atoms with van der Waals surface area (Å²) < 4.78 is 60.1. The van der Waals surface area contributed by atoms with Gasteiger partial charge in [0.15, 0.2) is 0 Å². The first-order valence-corrected chi connectivity index (χ1v) is 12.1. The lowest BCUT2D eigenvalue weighted by Crippen LogP contribution is -2.16. The van der Waals surface area contributed by atoms with Crippen molar-refractivity contribution in [2.45, 2.75) is 17.6 Å². The first kappa shape index (κ1) is 21.7. The number of methoxy groups -OCH3 is 1. The monoisotopic (exact) mass is 446 g/mol. The number of nitrogens with one attached hydrogen (secondary N) is 2. The average molecular weight is 447 g/mol. The van der Waals surface area contributed by atoms with Crippen molar-refractivity contribution in [1.29, 1.82) is 0 Å². The first-order valence-electron chi connectivity index (χ1n) is 9.00. The van der Waals surface area contributed by atoms with Gasteiger partial charge in [0.05, 0.1) is 23.4 Å². The van der Waals surface area contributed by atoms with E-state index in [-0.39, 0.29) is 16.3 Å². The van der Waals surface area contributed by atoms with Crippen LogP contribution in [0.25, 0.3) is 0 Å². The van der Waals surface area contributed by atoms with E-state index in [0.29, 0.717) is 17.0 Å². The highest BCUT2D eigenvalue weighted by atomic mass is 32.2. The fourth-order valence-corrected chi connectivity index (χ4v) is 5.02. The molecule has 0 saturated carbocycles. The van der Waals surface area contributed by atoms with Gasteiger partial charge in [-0.25, -0.2) is 16.8 Å². The minimum Gasteiger partial charge on any atom is -0.495 e. The van der Waals surface area contributed by atoms with Gasteiger partial charge in [-0.15, -0.1) is 0 Å². The Kier molecular flexibility index (Phi) is 6.33. The molecule has 0 atom stereocenters.